The van der Waals surface area contributed by atoms with Gasteiger partial charge in [-0.25, -0.2) is 9.97 Å². The molecule has 0 unspecified atom stereocenters. The van der Waals surface area contributed by atoms with Crippen molar-refractivity contribution in [2.75, 3.05) is 11.9 Å². The summed E-state index contributed by atoms with van der Waals surface area (Å²) < 4.78 is 0. The first-order valence-corrected chi connectivity index (χ1v) is 6.79. The minimum Gasteiger partial charge on any atom is -0.384 e. The van der Waals surface area contributed by atoms with Crippen LogP contribution in [0.2, 0.25) is 0 Å². The number of nitrogens with one attached hydrogen (secondary N) is 1. The number of carbonyl (C=O) groups is 1. The number of nitrogens with zero attached hydrogens (tertiary/aromatic N) is 2. The van der Waals surface area contributed by atoms with E-state index in [2.05, 4.69) is 27.1 Å². The van der Waals surface area contributed by atoms with Crippen LogP contribution in [-0.4, -0.2) is 27.6 Å². The molecule has 5 nitrogen and oxygen atoms in total. The maximum atomic E-state index is 12.2. The molecular formula is C14H13N3O2S. The summed E-state index contributed by atoms with van der Waals surface area (Å²) in [6.45, 7) is 3.44. The van der Waals surface area contributed by atoms with Crippen molar-refractivity contribution in [3.05, 3.63) is 39.3 Å². The van der Waals surface area contributed by atoms with Gasteiger partial charge in [0, 0.05) is 17.0 Å². The predicted molar refractivity (Wildman–Crippen MR) is 77.7 cm³/mol. The standard InChI is InChI=1S/C14H13N3O2S/c1-9-8-10(2)16-14(15-9)17-13(19)12-11(4-3-6-18)5-7-20-12/h5,7-8,18H,6H2,1-2H3,(H,15,16,17,19). The number of hydrogen-bond acceptors (Lipinski definition) is 5. The van der Waals surface area contributed by atoms with Crippen molar-refractivity contribution in [3.63, 3.8) is 0 Å². The van der Waals surface area contributed by atoms with E-state index < -0.39 is 0 Å². The van der Waals surface area contributed by atoms with Gasteiger partial charge in [-0.1, -0.05) is 11.8 Å². The van der Waals surface area contributed by atoms with Crippen LogP contribution in [0.5, 0.6) is 0 Å². The highest BCUT2D eigenvalue weighted by Gasteiger charge is 2.13. The van der Waals surface area contributed by atoms with E-state index in [1.54, 1.807) is 11.4 Å². The molecule has 0 saturated heterocycles. The highest BCUT2D eigenvalue weighted by Crippen LogP contribution is 2.17. The largest absolute Gasteiger partial charge is 0.384 e. The van der Waals surface area contributed by atoms with Crippen LogP contribution < -0.4 is 5.32 Å². The summed E-state index contributed by atoms with van der Waals surface area (Å²) in [7, 11) is 0. The van der Waals surface area contributed by atoms with Crippen LogP contribution in [0, 0.1) is 25.7 Å². The van der Waals surface area contributed by atoms with Crippen LogP contribution >= 0.6 is 11.3 Å². The van der Waals surface area contributed by atoms with Crippen molar-refractivity contribution in [1.29, 1.82) is 0 Å². The first-order chi connectivity index (χ1) is 9.60. The van der Waals surface area contributed by atoms with E-state index in [0.29, 0.717) is 10.4 Å². The molecule has 0 spiro atoms. The summed E-state index contributed by atoms with van der Waals surface area (Å²) in [5.74, 6) is 5.25. The molecular weight excluding hydrogens is 274 g/mol. The van der Waals surface area contributed by atoms with Gasteiger partial charge in [0.1, 0.15) is 11.5 Å². The van der Waals surface area contributed by atoms with Gasteiger partial charge in [0.05, 0.1) is 0 Å². The lowest BCUT2D eigenvalue weighted by Gasteiger charge is -2.04. The van der Waals surface area contributed by atoms with Crippen molar-refractivity contribution in [2.45, 2.75) is 13.8 Å². The van der Waals surface area contributed by atoms with Gasteiger partial charge < -0.3 is 5.11 Å². The average Bonchev–Trinajstić information content (AvgIpc) is 2.83. The fourth-order valence-electron chi connectivity index (χ4n) is 1.66. The zero-order valence-electron chi connectivity index (χ0n) is 11.1. The number of aliphatic hydroxyl groups is 1. The quantitative estimate of drug-likeness (QED) is 0.825. The fraction of sp³-hybridized carbons (Fsp3) is 0.214. The molecule has 0 atom stereocenters. The van der Waals surface area contributed by atoms with Crippen molar-refractivity contribution in [1.82, 2.24) is 9.97 Å². The van der Waals surface area contributed by atoms with E-state index in [-0.39, 0.29) is 18.5 Å². The molecule has 2 rings (SSSR count). The van der Waals surface area contributed by atoms with Crippen LogP contribution in [0.25, 0.3) is 0 Å². The Labute approximate surface area is 120 Å². The number of aliphatic hydroxyl groups excluding tert-OH is 1. The number of carbonyl (C=O) groups excluding carboxylic acids is 1. The van der Waals surface area contributed by atoms with Crippen LogP contribution in [-0.2, 0) is 0 Å². The molecule has 0 aliphatic heterocycles. The molecule has 0 aliphatic rings. The van der Waals surface area contributed by atoms with Gasteiger partial charge in [0.25, 0.3) is 5.91 Å². The van der Waals surface area contributed by atoms with Crippen molar-refractivity contribution < 1.29 is 9.90 Å². The topological polar surface area (TPSA) is 75.1 Å². The van der Waals surface area contributed by atoms with Crippen LogP contribution in [0.1, 0.15) is 26.6 Å². The Kier molecular flexibility index (Phi) is 4.45. The number of anilines is 1. The number of aromatic nitrogens is 2. The summed E-state index contributed by atoms with van der Waals surface area (Å²) in [5.41, 5.74) is 2.17. The Morgan fingerprint density at radius 2 is 2.10 bits per heavy atom. The Hall–Kier alpha value is -2.23. The number of thiophene rings is 1. The van der Waals surface area contributed by atoms with E-state index in [1.807, 2.05) is 19.9 Å². The minimum absolute atomic E-state index is 0.239. The maximum Gasteiger partial charge on any atom is 0.269 e. The van der Waals surface area contributed by atoms with Gasteiger partial charge >= 0.3 is 0 Å². The molecule has 102 valence electrons. The smallest absolute Gasteiger partial charge is 0.269 e. The summed E-state index contributed by atoms with van der Waals surface area (Å²) >= 11 is 1.28. The van der Waals surface area contributed by atoms with Crippen molar-refractivity contribution >= 4 is 23.2 Å². The molecule has 2 N–H and O–H groups in total. The van der Waals surface area contributed by atoms with Crippen LogP contribution in [0.15, 0.2) is 17.5 Å². The van der Waals surface area contributed by atoms with Crippen LogP contribution in [0.3, 0.4) is 0 Å². The van der Waals surface area contributed by atoms with Crippen molar-refractivity contribution in [3.8, 4) is 11.8 Å². The molecule has 20 heavy (non-hydrogen) atoms. The SMILES string of the molecule is Cc1cc(C)nc(NC(=O)c2sccc2C#CCO)n1. The highest BCUT2D eigenvalue weighted by atomic mass is 32.1. The average molecular weight is 287 g/mol. The molecule has 2 aromatic rings. The minimum atomic E-state index is -0.299. The maximum absolute atomic E-state index is 12.2. The third-order valence-corrected chi connectivity index (χ3v) is 3.29. The summed E-state index contributed by atoms with van der Waals surface area (Å²) in [4.78, 5) is 21.0. The molecule has 6 heteroatoms. The predicted octanol–water partition coefficient (Wildman–Crippen LogP) is 1.75. The Bertz CT molecular complexity index is 678. The molecule has 0 radical (unpaired) electrons. The molecule has 0 aliphatic carbocycles. The number of hydrogen-bond donors (Lipinski definition) is 2. The first-order valence-electron chi connectivity index (χ1n) is 5.91. The third kappa shape index (κ3) is 3.41. The summed E-state index contributed by atoms with van der Waals surface area (Å²) in [6, 6.07) is 3.57. The Morgan fingerprint density at radius 1 is 1.40 bits per heavy atom. The summed E-state index contributed by atoms with van der Waals surface area (Å²) in [5, 5.41) is 13.1. The zero-order chi connectivity index (χ0) is 14.5. The van der Waals surface area contributed by atoms with Crippen molar-refractivity contribution in [2.24, 2.45) is 0 Å². The second-order valence-corrected chi connectivity index (χ2v) is 4.97. The molecule has 1 amide bonds. The first kappa shape index (κ1) is 14.2. The molecule has 2 aromatic heterocycles. The number of aryl methyl sites for hydroxylation is 2. The normalized spacial score (nSPS) is 9.75. The van der Waals surface area contributed by atoms with Gasteiger partial charge in [-0.3, -0.25) is 10.1 Å². The lowest BCUT2D eigenvalue weighted by molar-refractivity contribution is 0.102. The Balaban J connectivity index is 2.22. The molecule has 0 aromatic carbocycles. The van der Waals surface area contributed by atoms with Gasteiger partial charge in [0.15, 0.2) is 0 Å². The van der Waals surface area contributed by atoms with Gasteiger partial charge in [0.2, 0.25) is 5.95 Å². The second-order valence-electron chi connectivity index (χ2n) is 4.05. The monoisotopic (exact) mass is 287 g/mol. The van der Waals surface area contributed by atoms with Gasteiger partial charge in [-0.2, -0.15) is 0 Å². The number of rotatable bonds is 2. The molecule has 2 heterocycles. The van der Waals surface area contributed by atoms with E-state index in [9.17, 15) is 4.79 Å². The lowest BCUT2D eigenvalue weighted by atomic mass is 10.2. The van der Waals surface area contributed by atoms with E-state index in [1.165, 1.54) is 11.3 Å². The second kappa shape index (κ2) is 6.28. The lowest BCUT2D eigenvalue weighted by Crippen LogP contribution is -2.14. The molecule has 0 bridgehead atoms. The van der Waals surface area contributed by atoms with E-state index in [0.717, 1.165) is 11.4 Å². The molecule has 0 saturated carbocycles. The fourth-order valence-corrected chi connectivity index (χ4v) is 2.40. The van der Waals surface area contributed by atoms with Gasteiger partial charge in [-0.05, 0) is 31.4 Å². The number of amides is 1. The zero-order valence-corrected chi connectivity index (χ0v) is 11.9. The molecule has 0 fully saturated rings. The Morgan fingerprint density at radius 3 is 2.75 bits per heavy atom. The third-order valence-electron chi connectivity index (χ3n) is 2.38. The summed E-state index contributed by atoms with van der Waals surface area (Å²) in [6.07, 6.45) is 0. The van der Waals surface area contributed by atoms with E-state index >= 15 is 0 Å². The van der Waals surface area contributed by atoms with Crippen LogP contribution in [0.4, 0.5) is 5.95 Å². The highest BCUT2D eigenvalue weighted by molar-refractivity contribution is 7.12. The van der Waals surface area contributed by atoms with Gasteiger partial charge in [-0.15, -0.1) is 11.3 Å². The van der Waals surface area contributed by atoms with E-state index in [4.69, 9.17) is 5.11 Å².